The third-order valence-corrected chi connectivity index (χ3v) is 5.21. The van der Waals surface area contributed by atoms with E-state index in [1.54, 1.807) is 19.1 Å². The van der Waals surface area contributed by atoms with Crippen molar-refractivity contribution in [1.29, 1.82) is 0 Å². The minimum Gasteiger partial charge on any atom is -0.363 e. The average molecular weight is 395 g/mol. The predicted octanol–water partition coefficient (Wildman–Crippen LogP) is 4.23. The molecular formula is C18H16F3N3O2S. The Bertz CT molecular complexity index is 1100. The van der Waals surface area contributed by atoms with Gasteiger partial charge in [-0.05, 0) is 42.8 Å². The normalized spacial score (nSPS) is 13.5. The monoisotopic (exact) mass is 395 g/mol. The van der Waals surface area contributed by atoms with Gasteiger partial charge >= 0.3 is 6.18 Å². The summed E-state index contributed by atoms with van der Waals surface area (Å²) < 4.78 is 62.4. The zero-order valence-corrected chi connectivity index (χ0v) is 15.3. The van der Waals surface area contributed by atoms with Crippen molar-refractivity contribution < 1.29 is 21.6 Å². The number of anilines is 1. The van der Waals surface area contributed by atoms with Gasteiger partial charge in [0.15, 0.2) is 9.84 Å². The summed E-state index contributed by atoms with van der Waals surface area (Å²) in [6.07, 6.45) is -2.03. The van der Waals surface area contributed by atoms with E-state index in [2.05, 4.69) is 15.3 Å². The van der Waals surface area contributed by atoms with Crippen LogP contribution in [0.4, 0.5) is 19.0 Å². The summed E-state index contributed by atoms with van der Waals surface area (Å²) in [5.74, 6) is 0.343. The van der Waals surface area contributed by atoms with Gasteiger partial charge in [0.05, 0.1) is 16.0 Å². The number of rotatable bonds is 4. The van der Waals surface area contributed by atoms with E-state index in [1.165, 1.54) is 24.5 Å². The Kier molecular flexibility index (Phi) is 4.81. The van der Waals surface area contributed by atoms with Crippen LogP contribution in [0.2, 0.25) is 0 Å². The SMILES string of the molecule is C[C@@H](Nc1ncnc2ccc(S(C)(=O)=O)cc12)c1cccc(C(F)(F)F)c1. The van der Waals surface area contributed by atoms with E-state index < -0.39 is 27.6 Å². The number of fused-ring (bicyclic) bond motifs is 1. The molecule has 9 heteroatoms. The molecule has 0 saturated carbocycles. The number of halogens is 3. The third-order valence-electron chi connectivity index (χ3n) is 4.10. The summed E-state index contributed by atoms with van der Waals surface area (Å²) >= 11 is 0. The van der Waals surface area contributed by atoms with Crippen molar-refractivity contribution in [2.75, 3.05) is 11.6 Å². The molecule has 0 aliphatic carbocycles. The van der Waals surface area contributed by atoms with Crippen molar-refractivity contribution in [2.24, 2.45) is 0 Å². The molecule has 0 spiro atoms. The maximum absolute atomic E-state index is 12.9. The van der Waals surface area contributed by atoms with Crippen LogP contribution in [0.3, 0.4) is 0 Å². The van der Waals surface area contributed by atoms with Crippen LogP contribution in [-0.4, -0.2) is 24.6 Å². The molecule has 1 atom stereocenters. The van der Waals surface area contributed by atoms with Crippen LogP contribution in [0.15, 0.2) is 53.7 Å². The molecule has 27 heavy (non-hydrogen) atoms. The first-order valence-corrected chi connectivity index (χ1v) is 9.83. The fourth-order valence-corrected chi connectivity index (χ4v) is 3.30. The van der Waals surface area contributed by atoms with E-state index in [9.17, 15) is 21.6 Å². The van der Waals surface area contributed by atoms with Gasteiger partial charge < -0.3 is 5.32 Å². The molecular weight excluding hydrogens is 379 g/mol. The van der Waals surface area contributed by atoms with Crippen LogP contribution in [-0.2, 0) is 16.0 Å². The van der Waals surface area contributed by atoms with Gasteiger partial charge in [0, 0.05) is 17.7 Å². The minimum absolute atomic E-state index is 0.111. The van der Waals surface area contributed by atoms with E-state index in [0.29, 0.717) is 22.3 Å². The lowest BCUT2D eigenvalue weighted by Crippen LogP contribution is -2.11. The number of benzene rings is 2. The van der Waals surface area contributed by atoms with E-state index in [1.807, 2.05) is 0 Å². The molecule has 1 aromatic heterocycles. The molecule has 0 amide bonds. The van der Waals surface area contributed by atoms with E-state index in [4.69, 9.17) is 0 Å². The van der Waals surface area contributed by atoms with Gasteiger partial charge in [-0.15, -0.1) is 0 Å². The number of alkyl halides is 3. The quantitative estimate of drug-likeness (QED) is 0.716. The van der Waals surface area contributed by atoms with Gasteiger partial charge in [-0.3, -0.25) is 0 Å². The Hall–Kier alpha value is -2.68. The van der Waals surface area contributed by atoms with Crippen LogP contribution in [0.1, 0.15) is 24.1 Å². The van der Waals surface area contributed by atoms with Gasteiger partial charge in [0.2, 0.25) is 0 Å². The van der Waals surface area contributed by atoms with E-state index in [-0.39, 0.29) is 4.90 Å². The van der Waals surface area contributed by atoms with Gasteiger partial charge in [0.1, 0.15) is 12.1 Å². The Morgan fingerprint density at radius 3 is 2.48 bits per heavy atom. The Balaban J connectivity index is 1.99. The number of hydrogen-bond acceptors (Lipinski definition) is 5. The smallest absolute Gasteiger partial charge is 0.363 e. The van der Waals surface area contributed by atoms with Crippen LogP contribution >= 0.6 is 0 Å². The summed E-state index contributed by atoms with van der Waals surface area (Å²) in [5.41, 5.74) is 0.215. The first kappa shape index (κ1) is 19.1. The lowest BCUT2D eigenvalue weighted by molar-refractivity contribution is -0.137. The Morgan fingerprint density at radius 1 is 1.07 bits per heavy atom. The number of hydrogen-bond donors (Lipinski definition) is 1. The molecule has 2 aromatic carbocycles. The molecule has 3 rings (SSSR count). The highest BCUT2D eigenvalue weighted by atomic mass is 32.2. The van der Waals surface area contributed by atoms with Gasteiger partial charge in [-0.1, -0.05) is 12.1 Å². The highest BCUT2D eigenvalue weighted by molar-refractivity contribution is 7.90. The maximum Gasteiger partial charge on any atom is 0.416 e. The topological polar surface area (TPSA) is 72.0 Å². The maximum atomic E-state index is 12.9. The van der Waals surface area contributed by atoms with Crippen molar-refractivity contribution in [2.45, 2.75) is 24.0 Å². The summed E-state index contributed by atoms with van der Waals surface area (Å²) in [5, 5.41) is 3.52. The molecule has 0 saturated heterocycles. The highest BCUT2D eigenvalue weighted by Gasteiger charge is 2.30. The fraction of sp³-hybridized carbons (Fsp3) is 0.222. The largest absolute Gasteiger partial charge is 0.416 e. The lowest BCUT2D eigenvalue weighted by Gasteiger charge is -2.18. The average Bonchev–Trinajstić information content (AvgIpc) is 2.60. The van der Waals surface area contributed by atoms with Crippen LogP contribution in [0.5, 0.6) is 0 Å². The zero-order valence-electron chi connectivity index (χ0n) is 14.4. The molecule has 142 valence electrons. The molecule has 0 fully saturated rings. The van der Waals surface area contributed by atoms with E-state index >= 15 is 0 Å². The Morgan fingerprint density at radius 2 is 1.81 bits per heavy atom. The van der Waals surface area contributed by atoms with Gasteiger partial charge in [-0.2, -0.15) is 13.2 Å². The molecule has 3 aromatic rings. The second kappa shape index (κ2) is 6.80. The molecule has 0 radical (unpaired) electrons. The first-order chi connectivity index (χ1) is 12.6. The van der Waals surface area contributed by atoms with Crippen molar-refractivity contribution in [1.82, 2.24) is 9.97 Å². The lowest BCUT2D eigenvalue weighted by atomic mass is 10.0. The van der Waals surface area contributed by atoms with Crippen LogP contribution in [0.25, 0.3) is 10.9 Å². The van der Waals surface area contributed by atoms with E-state index in [0.717, 1.165) is 18.4 Å². The van der Waals surface area contributed by atoms with Crippen molar-refractivity contribution in [3.05, 3.63) is 59.9 Å². The molecule has 5 nitrogen and oxygen atoms in total. The molecule has 0 aliphatic rings. The first-order valence-electron chi connectivity index (χ1n) is 7.94. The van der Waals surface area contributed by atoms with Gasteiger partial charge in [-0.25, -0.2) is 18.4 Å². The summed E-state index contributed by atoms with van der Waals surface area (Å²) in [4.78, 5) is 8.33. The number of aromatic nitrogens is 2. The third kappa shape index (κ3) is 4.19. The van der Waals surface area contributed by atoms with Crippen molar-refractivity contribution in [3.8, 4) is 0 Å². The second-order valence-corrected chi connectivity index (χ2v) is 8.18. The molecule has 0 aliphatic heterocycles. The van der Waals surface area contributed by atoms with Crippen LogP contribution in [0, 0.1) is 0 Å². The number of sulfone groups is 1. The molecule has 1 heterocycles. The zero-order chi connectivity index (χ0) is 19.8. The fourth-order valence-electron chi connectivity index (χ4n) is 2.65. The van der Waals surface area contributed by atoms with Crippen LogP contribution < -0.4 is 5.32 Å². The van der Waals surface area contributed by atoms with Crippen molar-refractivity contribution in [3.63, 3.8) is 0 Å². The molecule has 0 unspecified atom stereocenters. The Labute approximate surface area is 154 Å². The molecule has 1 N–H and O–H groups in total. The standard InChI is InChI=1S/C18H16F3N3O2S/c1-11(12-4-3-5-13(8-12)18(19,20)21)24-17-15-9-14(27(2,25)26)6-7-16(15)22-10-23-17/h3-11H,1-2H3,(H,22,23,24)/t11-/m1/s1. The van der Waals surface area contributed by atoms with Crippen molar-refractivity contribution >= 4 is 26.6 Å². The summed E-state index contributed by atoms with van der Waals surface area (Å²) in [6.45, 7) is 1.70. The number of nitrogens with zero attached hydrogens (tertiary/aromatic N) is 2. The minimum atomic E-state index is -4.43. The predicted molar refractivity (Wildman–Crippen MR) is 96.1 cm³/mol. The summed E-state index contributed by atoms with van der Waals surface area (Å²) in [6, 6.07) is 8.98. The number of nitrogens with one attached hydrogen (secondary N) is 1. The highest BCUT2D eigenvalue weighted by Crippen LogP contribution is 2.32. The summed E-state index contributed by atoms with van der Waals surface area (Å²) in [7, 11) is -3.42. The molecule has 0 bridgehead atoms. The van der Waals surface area contributed by atoms with Gasteiger partial charge in [0.25, 0.3) is 0 Å². The second-order valence-electron chi connectivity index (χ2n) is 6.16.